The summed E-state index contributed by atoms with van der Waals surface area (Å²) < 4.78 is 21.9. The van der Waals surface area contributed by atoms with E-state index in [4.69, 9.17) is 18.7 Å². The van der Waals surface area contributed by atoms with Crippen LogP contribution in [0.2, 0.25) is 0 Å². The molecule has 4 rings (SSSR count). The summed E-state index contributed by atoms with van der Waals surface area (Å²) in [5, 5.41) is 15.2. The minimum absolute atomic E-state index is 0.0182. The highest BCUT2D eigenvalue weighted by Crippen LogP contribution is 2.44. The molecule has 0 unspecified atom stereocenters. The zero-order valence-corrected chi connectivity index (χ0v) is 20.8. The van der Waals surface area contributed by atoms with Crippen LogP contribution in [0.4, 0.5) is 5.82 Å². The van der Waals surface area contributed by atoms with Gasteiger partial charge in [0.05, 0.1) is 31.4 Å². The Hall–Kier alpha value is -4.27. The highest BCUT2D eigenvalue weighted by atomic mass is 16.5. The number of aliphatic hydroxyl groups is 1. The van der Waals surface area contributed by atoms with E-state index in [9.17, 15) is 14.7 Å². The van der Waals surface area contributed by atoms with Gasteiger partial charge in [-0.05, 0) is 69.7 Å². The van der Waals surface area contributed by atoms with Gasteiger partial charge >= 0.3 is 5.91 Å². The lowest BCUT2D eigenvalue weighted by Crippen LogP contribution is -2.29. The number of ether oxygens (including phenoxy) is 3. The number of methoxy groups -OCH3 is 1. The van der Waals surface area contributed by atoms with Gasteiger partial charge < -0.3 is 23.8 Å². The van der Waals surface area contributed by atoms with Crippen LogP contribution in [0.3, 0.4) is 0 Å². The number of carbonyl (C=O) groups excluding carboxylic acids is 2. The molecular formula is C27H28N2O7. The van der Waals surface area contributed by atoms with E-state index in [1.807, 2.05) is 20.8 Å². The predicted octanol–water partition coefficient (Wildman–Crippen LogP) is 4.80. The molecule has 9 nitrogen and oxygen atoms in total. The highest BCUT2D eigenvalue weighted by Gasteiger charge is 2.48. The quantitative estimate of drug-likeness (QED) is 0.271. The van der Waals surface area contributed by atoms with Crippen LogP contribution >= 0.6 is 0 Å². The van der Waals surface area contributed by atoms with E-state index in [1.54, 1.807) is 55.5 Å². The number of Topliss-reactive ketones (excluding diaryl/α,β-unsaturated/α-hetero) is 1. The van der Waals surface area contributed by atoms with Gasteiger partial charge in [0.2, 0.25) is 0 Å². The number of aliphatic hydroxyl groups excluding tert-OH is 1. The van der Waals surface area contributed by atoms with Gasteiger partial charge in [-0.25, -0.2) is 0 Å². The Bertz CT molecular complexity index is 1310. The molecule has 3 aromatic rings. The Morgan fingerprint density at radius 2 is 1.83 bits per heavy atom. The molecule has 1 aliphatic heterocycles. The summed E-state index contributed by atoms with van der Waals surface area (Å²) >= 11 is 0. The number of rotatable bonds is 8. The lowest BCUT2D eigenvalue weighted by molar-refractivity contribution is -0.132. The lowest BCUT2D eigenvalue weighted by atomic mass is 9.95. The summed E-state index contributed by atoms with van der Waals surface area (Å²) in [6.07, 6.45) is -0.0182. The number of benzene rings is 2. The molecule has 1 aliphatic rings. The van der Waals surface area contributed by atoms with Crippen LogP contribution in [-0.2, 0) is 9.59 Å². The Labute approximate surface area is 208 Å². The molecule has 1 amide bonds. The largest absolute Gasteiger partial charge is 0.507 e. The van der Waals surface area contributed by atoms with Crippen LogP contribution < -0.4 is 19.1 Å². The summed E-state index contributed by atoms with van der Waals surface area (Å²) in [4.78, 5) is 27.7. The van der Waals surface area contributed by atoms with Crippen molar-refractivity contribution in [1.29, 1.82) is 0 Å². The summed E-state index contributed by atoms with van der Waals surface area (Å²) in [6.45, 7) is 7.79. The summed E-state index contributed by atoms with van der Waals surface area (Å²) in [7, 11) is 1.50. The van der Waals surface area contributed by atoms with E-state index >= 15 is 0 Å². The van der Waals surface area contributed by atoms with Crippen molar-refractivity contribution >= 4 is 23.3 Å². The van der Waals surface area contributed by atoms with Gasteiger partial charge in [0.15, 0.2) is 17.3 Å². The molecule has 1 atom stereocenters. The summed E-state index contributed by atoms with van der Waals surface area (Å²) in [6, 6.07) is 12.3. The number of ketones is 1. The molecule has 1 saturated heterocycles. The van der Waals surface area contributed by atoms with Gasteiger partial charge in [-0.15, -0.1) is 0 Å². The first-order valence-electron chi connectivity index (χ1n) is 11.6. The van der Waals surface area contributed by atoms with E-state index in [0.29, 0.717) is 40.7 Å². The average molecular weight is 493 g/mol. The van der Waals surface area contributed by atoms with Gasteiger partial charge in [-0.2, -0.15) is 0 Å². The van der Waals surface area contributed by atoms with Crippen molar-refractivity contribution < 1.29 is 33.4 Å². The fraction of sp³-hybridized carbons (Fsp3) is 0.296. The van der Waals surface area contributed by atoms with Crippen molar-refractivity contribution in [2.24, 2.45) is 0 Å². The first-order valence-corrected chi connectivity index (χ1v) is 11.6. The first-order chi connectivity index (χ1) is 17.2. The second-order valence-electron chi connectivity index (χ2n) is 8.50. The maximum absolute atomic E-state index is 13.3. The first kappa shape index (κ1) is 24.8. The number of aryl methyl sites for hydroxylation is 1. The molecule has 188 valence electrons. The number of hydrogen-bond acceptors (Lipinski definition) is 8. The maximum atomic E-state index is 13.3. The molecule has 0 aliphatic carbocycles. The van der Waals surface area contributed by atoms with E-state index in [2.05, 4.69) is 5.16 Å². The van der Waals surface area contributed by atoms with E-state index in [-0.39, 0.29) is 23.3 Å². The van der Waals surface area contributed by atoms with Crippen molar-refractivity contribution in [2.75, 3.05) is 18.6 Å². The Balaban J connectivity index is 1.88. The minimum Gasteiger partial charge on any atom is -0.507 e. The number of carbonyl (C=O) groups is 2. The monoisotopic (exact) mass is 492 g/mol. The van der Waals surface area contributed by atoms with Crippen LogP contribution in [0.15, 0.2) is 58.6 Å². The van der Waals surface area contributed by atoms with Crippen molar-refractivity contribution in [3.63, 3.8) is 0 Å². The average Bonchev–Trinajstić information content (AvgIpc) is 3.39. The smallest absolute Gasteiger partial charge is 0.301 e. The zero-order chi connectivity index (χ0) is 26.0. The number of aromatic nitrogens is 1. The van der Waals surface area contributed by atoms with Crippen LogP contribution in [0, 0.1) is 6.92 Å². The molecule has 0 bridgehead atoms. The Morgan fingerprint density at radius 3 is 2.42 bits per heavy atom. The second kappa shape index (κ2) is 10.2. The standard InChI is InChI=1S/C27H28N2O7/c1-6-34-20-12-9-18(14-21(20)33-5)24-23(25(30)17-7-10-19(11-8-17)35-15(2)3)26(31)27(32)29(24)22-13-16(4)36-28-22/h7-15,24,30H,6H2,1-5H3/b25-23+/t24-/m0/s1. The van der Waals surface area contributed by atoms with Gasteiger partial charge in [0.25, 0.3) is 5.78 Å². The fourth-order valence-corrected chi connectivity index (χ4v) is 4.10. The Morgan fingerprint density at radius 1 is 1.11 bits per heavy atom. The van der Waals surface area contributed by atoms with Gasteiger partial charge in [0.1, 0.15) is 17.3 Å². The van der Waals surface area contributed by atoms with Gasteiger partial charge in [-0.3, -0.25) is 14.5 Å². The van der Waals surface area contributed by atoms with Crippen molar-refractivity contribution in [3.8, 4) is 17.2 Å². The van der Waals surface area contributed by atoms with E-state index in [0.717, 1.165) is 0 Å². The lowest BCUT2D eigenvalue weighted by Gasteiger charge is -2.23. The molecule has 9 heteroatoms. The molecule has 36 heavy (non-hydrogen) atoms. The predicted molar refractivity (Wildman–Crippen MR) is 132 cm³/mol. The molecule has 1 fully saturated rings. The molecule has 1 N–H and O–H groups in total. The molecule has 2 aromatic carbocycles. The molecule has 0 spiro atoms. The third-order valence-electron chi connectivity index (χ3n) is 5.61. The van der Waals surface area contributed by atoms with Crippen molar-refractivity contribution in [3.05, 3.63) is 71.0 Å². The minimum atomic E-state index is -0.981. The topological polar surface area (TPSA) is 111 Å². The summed E-state index contributed by atoms with van der Waals surface area (Å²) in [5.41, 5.74) is 0.809. The molecular weight excluding hydrogens is 464 g/mol. The Kier molecular flexibility index (Phi) is 7.00. The third-order valence-corrected chi connectivity index (χ3v) is 5.61. The van der Waals surface area contributed by atoms with Crippen molar-refractivity contribution in [1.82, 2.24) is 5.16 Å². The third kappa shape index (κ3) is 4.64. The summed E-state index contributed by atoms with van der Waals surface area (Å²) in [5.74, 6) is 0.196. The van der Waals surface area contributed by atoms with Gasteiger partial charge in [0, 0.05) is 11.6 Å². The SMILES string of the molecule is CCOc1ccc([C@H]2/C(=C(\O)c3ccc(OC(C)C)cc3)C(=O)C(=O)N2c2cc(C)on2)cc1OC. The number of anilines is 1. The molecule has 1 aromatic heterocycles. The number of nitrogens with zero attached hydrogens (tertiary/aromatic N) is 2. The zero-order valence-electron chi connectivity index (χ0n) is 20.8. The van der Waals surface area contributed by atoms with Crippen LogP contribution in [-0.4, -0.2) is 41.8 Å². The van der Waals surface area contributed by atoms with E-state index in [1.165, 1.54) is 12.0 Å². The normalized spacial score (nSPS) is 17.1. The second-order valence-corrected chi connectivity index (χ2v) is 8.50. The van der Waals surface area contributed by atoms with Crippen molar-refractivity contribution in [2.45, 2.75) is 39.8 Å². The number of hydrogen-bond donors (Lipinski definition) is 1. The van der Waals surface area contributed by atoms with E-state index < -0.39 is 17.7 Å². The fourth-order valence-electron chi connectivity index (χ4n) is 4.10. The maximum Gasteiger partial charge on any atom is 0.301 e. The van der Waals surface area contributed by atoms with Gasteiger partial charge in [-0.1, -0.05) is 11.2 Å². The molecule has 0 saturated carbocycles. The number of amides is 1. The highest BCUT2D eigenvalue weighted by molar-refractivity contribution is 6.51. The molecule has 2 heterocycles. The molecule has 0 radical (unpaired) electrons. The van der Waals surface area contributed by atoms with Crippen LogP contribution in [0.25, 0.3) is 5.76 Å². The van der Waals surface area contributed by atoms with Crippen LogP contribution in [0.1, 0.15) is 43.7 Å². The van der Waals surface area contributed by atoms with Crippen LogP contribution in [0.5, 0.6) is 17.2 Å².